The molecule has 0 aliphatic carbocycles. The summed E-state index contributed by atoms with van der Waals surface area (Å²) < 4.78 is 0. The standard InChI is InChI=1S/C14H20N2O2/c1-4-11(3)16-14(18)13(17)15-9-12-7-5-10(2)6-8-12/h5-8,11H,4,9H2,1-3H3,(H,15,17)(H,16,18)/t11-/m0/s1. The van der Waals surface area contributed by atoms with Crippen LogP contribution in [-0.4, -0.2) is 17.9 Å². The molecule has 0 radical (unpaired) electrons. The van der Waals surface area contributed by atoms with Crippen molar-refractivity contribution < 1.29 is 9.59 Å². The van der Waals surface area contributed by atoms with E-state index in [4.69, 9.17) is 0 Å². The Bertz CT molecular complexity index is 412. The van der Waals surface area contributed by atoms with E-state index in [9.17, 15) is 9.59 Å². The summed E-state index contributed by atoms with van der Waals surface area (Å²) in [5.74, 6) is -1.16. The van der Waals surface area contributed by atoms with Gasteiger partial charge in [-0.05, 0) is 25.8 Å². The van der Waals surface area contributed by atoms with Crippen molar-refractivity contribution in [3.8, 4) is 0 Å². The highest BCUT2D eigenvalue weighted by Crippen LogP contribution is 2.02. The fraction of sp³-hybridized carbons (Fsp3) is 0.429. The van der Waals surface area contributed by atoms with E-state index in [1.807, 2.05) is 45.0 Å². The normalized spacial score (nSPS) is 11.7. The van der Waals surface area contributed by atoms with Gasteiger partial charge in [0.15, 0.2) is 0 Å². The van der Waals surface area contributed by atoms with Crippen LogP contribution in [0.1, 0.15) is 31.4 Å². The summed E-state index contributed by atoms with van der Waals surface area (Å²) in [4.78, 5) is 23.0. The molecule has 4 nitrogen and oxygen atoms in total. The largest absolute Gasteiger partial charge is 0.345 e. The van der Waals surface area contributed by atoms with Crippen LogP contribution in [0, 0.1) is 6.92 Å². The maximum atomic E-state index is 11.5. The molecule has 0 aromatic heterocycles. The van der Waals surface area contributed by atoms with Gasteiger partial charge < -0.3 is 10.6 Å². The van der Waals surface area contributed by atoms with Gasteiger partial charge in [0.1, 0.15) is 0 Å². The summed E-state index contributed by atoms with van der Waals surface area (Å²) in [6, 6.07) is 7.83. The third kappa shape index (κ3) is 4.57. The monoisotopic (exact) mass is 248 g/mol. The first-order chi connectivity index (χ1) is 8.52. The summed E-state index contributed by atoms with van der Waals surface area (Å²) in [5, 5.41) is 5.22. The minimum atomic E-state index is -0.587. The van der Waals surface area contributed by atoms with Crippen molar-refractivity contribution in [1.82, 2.24) is 10.6 Å². The molecule has 0 spiro atoms. The molecule has 1 rings (SSSR count). The Morgan fingerprint density at radius 3 is 2.33 bits per heavy atom. The second kappa shape index (κ2) is 6.79. The third-order valence-electron chi connectivity index (χ3n) is 2.77. The molecule has 0 unspecified atom stereocenters. The van der Waals surface area contributed by atoms with Crippen molar-refractivity contribution in [2.75, 3.05) is 0 Å². The van der Waals surface area contributed by atoms with Crippen molar-refractivity contribution in [3.63, 3.8) is 0 Å². The van der Waals surface area contributed by atoms with E-state index >= 15 is 0 Å². The van der Waals surface area contributed by atoms with Crippen molar-refractivity contribution in [1.29, 1.82) is 0 Å². The molecule has 18 heavy (non-hydrogen) atoms. The third-order valence-corrected chi connectivity index (χ3v) is 2.77. The molecule has 0 saturated carbocycles. The van der Waals surface area contributed by atoms with Crippen LogP contribution < -0.4 is 10.6 Å². The highest BCUT2D eigenvalue weighted by atomic mass is 16.2. The van der Waals surface area contributed by atoms with Crippen molar-refractivity contribution in [2.45, 2.75) is 39.8 Å². The molecule has 0 aliphatic heterocycles. The first-order valence-electron chi connectivity index (χ1n) is 6.17. The molecule has 98 valence electrons. The average Bonchev–Trinajstić information content (AvgIpc) is 2.37. The topological polar surface area (TPSA) is 58.2 Å². The van der Waals surface area contributed by atoms with E-state index in [0.717, 1.165) is 12.0 Å². The molecule has 0 saturated heterocycles. The van der Waals surface area contributed by atoms with Gasteiger partial charge in [0, 0.05) is 12.6 Å². The lowest BCUT2D eigenvalue weighted by atomic mass is 10.1. The number of hydrogen-bond acceptors (Lipinski definition) is 2. The van der Waals surface area contributed by atoms with Crippen molar-refractivity contribution >= 4 is 11.8 Å². The van der Waals surface area contributed by atoms with Crippen LogP contribution >= 0.6 is 0 Å². The second-order valence-corrected chi connectivity index (χ2v) is 4.45. The molecule has 2 N–H and O–H groups in total. The number of amides is 2. The number of rotatable bonds is 4. The lowest BCUT2D eigenvalue weighted by molar-refractivity contribution is -0.139. The lowest BCUT2D eigenvalue weighted by Crippen LogP contribution is -2.43. The summed E-state index contributed by atoms with van der Waals surface area (Å²) >= 11 is 0. The maximum absolute atomic E-state index is 11.5. The predicted octanol–water partition coefficient (Wildman–Crippen LogP) is 1.53. The highest BCUT2D eigenvalue weighted by molar-refractivity contribution is 6.35. The zero-order valence-electron chi connectivity index (χ0n) is 11.1. The molecule has 1 atom stereocenters. The summed E-state index contributed by atoms with van der Waals surface area (Å²) in [6.07, 6.45) is 0.803. The molecular formula is C14H20N2O2. The molecule has 4 heteroatoms. The summed E-state index contributed by atoms with van der Waals surface area (Å²) in [6.45, 7) is 6.19. The number of aryl methyl sites for hydroxylation is 1. The van der Waals surface area contributed by atoms with Gasteiger partial charge in [-0.2, -0.15) is 0 Å². The first-order valence-corrected chi connectivity index (χ1v) is 6.17. The number of carbonyl (C=O) groups is 2. The van der Waals surface area contributed by atoms with E-state index in [-0.39, 0.29) is 6.04 Å². The van der Waals surface area contributed by atoms with Crippen molar-refractivity contribution in [2.24, 2.45) is 0 Å². The average molecular weight is 248 g/mol. The van der Waals surface area contributed by atoms with Gasteiger partial charge >= 0.3 is 11.8 Å². The number of hydrogen-bond donors (Lipinski definition) is 2. The minimum Gasteiger partial charge on any atom is -0.345 e. The molecule has 0 fully saturated rings. The fourth-order valence-corrected chi connectivity index (χ4v) is 1.36. The van der Waals surface area contributed by atoms with Gasteiger partial charge in [0.2, 0.25) is 0 Å². The molecule has 1 aromatic rings. The Hall–Kier alpha value is -1.84. The summed E-state index contributed by atoms with van der Waals surface area (Å²) in [7, 11) is 0. The van der Waals surface area contributed by atoms with Gasteiger partial charge in [-0.15, -0.1) is 0 Å². The van der Waals surface area contributed by atoms with E-state index in [0.29, 0.717) is 6.54 Å². The first kappa shape index (κ1) is 14.2. The van der Waals surface area contributed by atoms with Gasteiger partial charge in [0.25, 0.3) is 0 Å². The zero-order valence-corrected chi connectivity index (χ0v) is 11.1. The van der Waals surface area contributed by atoms with E-state index in [1.54, 1.807) is 0 Å². The van der Waals surface area contributed by atoms with E-state index in [1.165, 1.54) is 5.56 Å². The maximum Gasteiger partial charge on any atom is 0.309 e. The van der Waals surface area contributed by atoms with Gasteiger partial charge in [-0.3, -0.25) is 9.59 Å². The Morgan fingerprint density at radius 1 is 1.17 bits per heavy atom. The van der Waals surface area contributed by atoms with Gasteiger partial charge in [-0.1, -0.05) is 36.8 Å². The Balaban J connectivity index is 2.41. The fourth-order valence-electron chi connectivity index (χ4n) is 1.36. The number of nitrogens with one attached hydrogen (secondary N) is 2. The smallest absolute Gasteiger partial charge is 0.309 e. The lowest BCUT2D eigenvalue weighted by Gasteiger charge is -2.11. The predicted molar refractivity (Wildman–Crippen MR) is 70.9 cm³/mol. The zero-order chi connectivity index (χ0) is 13.5. The van der Waals surface area contributed by atoms with Crippen LogP contribution in [0.5, 0.6) is 0 Å². The highest BCUT2D eigenvalue weighted by Gasteiger charge is 2.14. The molecular weight excluding hydrogens is 228 g/mol. The minimum absolute atomic E-state index is 0.0163. The van der Waals surface area contributed by atoms with Crippen LogP contribution in [0.15, 0.2) is 24.3 Å². The molecule has 1 aromatic carbocycles. The van der Waals surface area contributed by atoms with Crippen molar-refractivity contribution in [3.05, 3.63) is 35.4 Å². The molecule has 2 amide bonds. The van der Waals surface area contributed by atoms with Crippen LogP contribution in [-0.2, 0) is 16.1 Å². The Kier molecular flexibility index (Phi) is 5.36. The van der Waals surface area contributed by atoms with Gasteiger partial charge in [0.05, 0.1) is 0 Å². The molecule has 0 heterocycles. The molecule has 0 bridgehead atoms. The van der Waals surface area contributed by atoms with E-state index in [2.05, 4.69) is 10.6 Å². The molecule has 0 aliphatic rings. The van der Waals surface area contributed by atoms with Crippen LogP contribution in [0.2, 0.25) is 0 Å². The quantitative estimate of drug-likeness (QED) is 0.794. The van der Waals surface area contributed by atoms with E-state index < -0.39 is 11.8 Å². The van der Waals surface area contributed by atoms with Gasteiger partial charge in [-0.25, -0.2) is 0 Å². The Labute approximate surface area is 108 Å². The Morgan fingerprint density at radius 2 is 1.78 bits per heavy atom. The number of benzene rings is 1. The summed E-state index contributed by atoms with van der Waals surface area (Å²) in [5.41, 5.74) is 2.14. The van der Waals surface area contributed by atoms with Crippen LogP contribution in [0.4, 0.5) is 0 Å². The van der Waals surface area contributed by atoms with Crippen LogP contribution in [0.25, 0.3) is 0 Å². The second-order valence-electron chi connectivity index (χ2n) is 4.45. The SMILES string of the molecule is CC[C@H](C)NC(=O)C(=O)NCc1ccc(C)cc1. The van der Waals surface area contributed by atoms with Crippen LogP contribution in [0.3, 0.4) is 0 Å². The number of carbonyl (C=O) groups excluding carboxylic acids is 2.